The first-order valence-electron chi connectivity index (χ1n) is 6.72. The van der Waals surface area contributed by atoms with E-state index in [9.17, 15) is 9.18 Å². The zero-order chi connectivity index (χ0) is 15.4. The molecular formula is C17H17ClFNO. The van der Waals surface area contributed by atoms with Gasteiger partial charge in [0, 0.05) is 16.6 Å². The largest absolute Gasteiger partial charge is 0.293 e. The molecule has 0 N–H and O–H groups in total. The Morgan fingerprint density at radius 1 is 1.24 bits per heavy atom. The third kappa shape index (κ3) is 4.13. The van der Waals surface area contributed by atoms with Crippen LogP contribution in [0.2, 0.25) is 5.02 Å². The highest BCUT2D eigenvalue weighted by Crippen LogP contribution is 2.22. The average Bonchev–Trinajstić information content (AvgIpc) is 2.46. The van der Waals surface area contributed by atoms with E-state index in [1.165, 1.54) is 12.1 Å². The second-order valence-electron chi connectivity index (χ2n) is 5.08. The number of benzene rings is 2. The lowest BCUT2D eigenvalue weighted by Gasteiger charge is -2.24. The molecule has 0 heterocycles. The summed E-state index contributed by atoms with van der Waals surface area (Å²) in [5.41, 5.74) is 1.43. The fraction of sp³-hybridized carbons (Fsp3) is 0.235. The summed E-state index contributed by atoms with van der Waals surface area (Å²) in [6, 6.07) is 13.4. The van der Waals surface area contributed by atoms with Crippen LogP contribution in [0.4, 0.5) is 4.39 Å². The molecule has 0 spiro atoms. The van der Waals surface area contributed by atoms with Crippen LogP contribution in [0.3, 0.4) is 0 Å². The maximum Gasteiger partial charge on any atom is 0.176 e. The topological polar surface area (TPSA) is 20.3 Å². The average molecular weight is 306 g/mol. The Balaban J connectivity index is 2.07. The Morgan fingerprint density at radius 2 is 1.95 bits per heavy atom. The number of hydrogen-bond donors (Lipinski definition) is 0. The molecule has 0 aliphatic carbocycles. The minimum absolute atomic E-state index is 0.0428. The first kappa shape index (κ1) is 15.7. The van der Waals surface area contributed by atoms with Crippen molar-refractivity contribution in [1.29, 1.82) is 0 Å². The molecule has 110 valence electrons. The first-order chi connectivity index (χ1) is 9.97. The van der Waals surface area contributed by atoms with E-state index in [4.69, 9.17) is 11.6 Å². The molecule has 0 bridgehead atoms. The first-order valence-corrected chi connectivity index (χ1v) is 7.09. The van der Waals surface area contributed by atoms with Crippen molar-refractivity contribution in [3.8, 4) is 0 Å². The number of carbonyl (C=O) groups is 1. The Bertz CT molecular complexity index is 644. The minimum Gasteiger partial charge on any atom is -0.293 e. The van der Waals surface area contributed by atoms with Crippen molar-refractivity contribution in [1.82, 2.24) is 4.90 Å². The molecular weight excluding hydrogens is 289 g/mol. The number of halogens is 2. The highest BCUT2D eigenvalue weighted by atomic mass is 35.5. The lowest BCUT2D eigenvalue weighted by Crippen LogP contribution is -2.28. The van der Waals surface area contributed by atoms with Gasteiger partial charge in [-0.2, -0.15) is 0 Å². The van der Waals surface area contributed by atoms with Crippen LogP contribution >= 0.6 is 11.6 Å². The van der Waals surface area contributed by atoms with Gasteiger partial charge in [0.15, 0.2) is 5.78 Å². The SMILES string of the molecule is CC(c1cccc(Cl)c1)N(C)CC(=O)c1cccc(F)c1. The molecule has 0 radical (unpaired) electrons. The summed E-state index contributed by atoms with van der Waals surface area (Å²) in [6.07, 6.45) is 0. The van der Waals surface area contributed by atoms with Gasteiger partial charge in [-0.25, -0.2) is 4.39 Å². The van der Waals surface area contributed by atoms with E-state index in [0.29, 0.717) is 10.6 Å². The van der Waals surface area contributed by atoms with Gasteiger partial charge < -0.3 is 0 Å². The lowest BCUT2D eigenvalue weighted by atomic mass is 10.1. The fourth-order valence-corrected chi connectivity index (χ4v) is 2.34. The van der Waals surface area contributed by atoms with E-state index in [1.807, 2.05) is 43.1 Å². The smallest absolute Gasteiger partial charge is 0.176 e. The fourth-order valence-electron chi connectivity index (χ4n) is 2.14. The van der Waals surface area contributed by atoms with E-state index < -0.39 is 5.82 Å². The summed E-state index contributed by atoms with van der Waals surface area (Å²) in [4.78, 5) is 14.1. The highest BCUT2D eigenvalue weighted by Gasteiger charge is 2.16. The van der Waals surface area contributed by atoms with Crippen LogP contribution in [0, 0.1) is 5.82 Å². The summed E-state index contributed by atoms with van der Waals surface area (Å²) in [5.74, 6) is -0.503. The van der Waals surface area contributed by atoms with Gasteiger partial charge >= 0.3 is 0 Å². The van der Waals surface area contributed by atoms with Crippen LogP contribution in [0.5, 0.6) is 0 Å². The predicted octanol–water partition coefficient (Wildman–Crippen LogP) is 4.35. The van der Waals surface area contributed by atoms with Gasteiger partial charge in [-0.3, -0.25) is 9.69 Å². The van der Waals surface area contributed by atoms with Crippen molar-refractivity contribution in [3.05, 3.63) is 70.5 Å². The van der Waals surface area contributed by atoms with Crippen molar-refractivity contribution in [2.24, 2.45) is 0 Å². The summed E-state index contributed by atoms with van der Waals surface area (Å²) in [5, 5.41) is 0.671. The number of carbonyl (C=O) groups excluding carboxylic acids is 1. The van der Waals surface area contributed by atoms with Crippen LogP contribution in [-0.4, -0.2) is 24.3 Å². The molecule has 2 rings (SSSR count). The number of ketones is 1. The van der Waals surface area contributed by atoms with Crippen LogP contribution in [-0.2, 0) is 0 Å². The molecule has 2 aromatic carbocycles. The van der Waals surface area contributed by atoms with Crippen molar-refractivity contribution in [3.63, 3.8) is 0 Å². The van der Waals surface area contributed by atoms with Crippen molar-refractivity contribution in [2.75, 3.05) is 13.6 Å². The molecule has 2 nitrogen and oxygen atoms in total. The molecule has 0 fully saturated rings. The Morgan fingerprint density at radius 3 is 2.62 bits per heavy atom. The third-order valence-electron chi connectivity index (χ3n) is 3.53. The van der Waals surface area contributed by atoms with Crippen LogP contribution in [0.15, 0.2) is 48.5 Å². The van der Waals surface area contributed by atoms with E-state index in [0.717, 1.165) is 5.56 Å². The zero-order valence-corrected chi connectivity index (χ0v) is 12.8. The molecule has 0 aromatic heterocycles. The normalized spacial score (nSPS) is 12.4. The van der Waals surface area contributed by atoms with Gasteiger partial charge in [0.2, 0.25) is 0 Å². The molecule has 0 aliphatic rings. The molecule has 2 aromatic rings. The van der Waals surface area contributed by atoms with Gasteiger partial charge in [0.25, 0.3) is 0 Å². The van der Waals surface area contributed by atoms with Crippen molar-refractivity contribution < 1.29 is 9.18 Å². The lowest BCUT2D eigenvalue weighted by molar-refractivity contribution is 0.0924. The van der Waals surface area contributed by atoms with Crippen LogP contribution in [0.25, 0.3) is 0 Å². The van der Waals surface area contributed by atoms with Crippen molar-refractivity contribution in [2.45, 2.75) is 13.0 Å². The minimum atomic E-state index is -0.397. The van der Waals surface area contributed by atoms with Gasteiger partial charge in [0.05, 0.1) is 6.54 Å². The number of Topliss-reactive ketones (excluding diaryl/α,β-unsaturated/α-hetero) is 1. The maximum atomic E-state index is 13.2. The van der Waals surface area contributed by atoms with Gasteiger partial charge in [-0.15, -0.1) is 0 Å². The van der Waals surface area contributed by atoms with Gasteiger partial charge in [-0.1, -0.05) is 35.9 Å². The maximum absolute atomic E-state index is 13.2. The molecule has 1 unspecified atom stereocenters. The monoisotopic (exact) mass is 305 g/mol. The molecule has 0 saturated carbocycles. The predicted molar refractivity (Wildman–Crippen MR) is 83.2 cm³/mol. The summed E-state index contributed by atoms with van der Waals surface area (Å²) in [7, 11) is 1.86. The summed E-state index contributed by atoms with van der Waals surface area (Å²) < 4.78 is 13.2. The molecule has 4 heteroatoms. The highest BCUT2D eigenvalue weighted by molar-refractivity contribution is 6.30. The molecule has 0 amide bonds. The van der Waals surface area contributed by atoms with Crippen molar-refractivity contribution >= 4 is 17.4 Å². The van der Waals surface area contributed by atoms with E-state index in [1.54, 1.807) is 12.1 Å². The number of hydrogen-bond acceptors (Lipinski definition) is 2. The van der Waals surface area contributed by atoms with E-state index in [-0.39, 0.29) is 18.4 Å². The van der Waals surface area contributed by atoms with Crippen LogP contribution < -0.4 is 0 Å². The third-order valence-corrected chi connectivity index (χ3v) is 3.77. The standard InChI is InChI=1S/C17H17ClFNO/c1-12(13-5-3-7-15(18)9-13)20(2)11-17(21)14-6-4-8-16(19)10-14/h3-10,12H,11H2,1-2H3. The Hall–Kier alpha value is -1.71. The number of rotatable bonds is 5. The Labute approximate surface area is 129 Å². The quantitative estimate of drug-likeness (QED) is 0.765. The summed E-state index contributed by atoms with van der Waals surface area (Å²) in [6.45, 7) is 2.22. The van der Waals surface area contributed by atoms with Gasteiger partial charge in [0.1, 0.15) is 5.82 Å². The number of likely N-dealkylation sites (N-methyl/N-ethyl adjacent to an activating group) is 1. The second kappa shape index (κ2) is 6.83. The second-order valence-corrected chi connectivity index (χ2v) is 5.52. The molecule has 0 saturated heterocycles. The Kier molecular flexibility index (Phi) is 5.10. The molecule has 21 heavy (non-hydrogen) atoms. The van der Waals surface area contributed by atoms with Crippen LogP contribution in [0.1, 0.15) is 28.9 Å². The number of nitrogens with zero attached hydrogens (tertiary/aromatic N) is 1. The zero-order valence-electron chi connectivity index (χ0n) is 12.0. The molecule has 1 atom stereocenters. The van der Waals surface area contributed by atoms with E-state index >= 15 is 0 Å². The molecule has 0 aliphatic heterocycles. The summed E-state index contributed by atoms with van der Waals surface area (Å²) >= 11 is 5.99. The van der Waals surface area contributed by atoms with E-state index in [2.05, 4.69) is 0 Å². The van der Waals surface area contributed by atoms with Gasteiger partial charge in [-0.05, 0) is 43.8 Å².